The Morgan fingerprint density at radius 1 is 0.950 bits per heavy atom. The number of Topliss-reactive ketones (excluding diaryl/α,β-unsaturated/α-hetero) is 1. The molecule has 0 bridgehead atoms. The first-order valence-corrected chi connectivity index (χ1v) is 9.91. The van der Waals surface area contributed by atoms with E-state index >= 15 is 0 Å². The number of fused-ring (bicyclic) bond motifs is 1. The zero-order chi connectivity index (χ0) is 15.3. The number of hydrogen-bond acceptors (Lipinski definition) is 6. The Bertz CT molecular complexity index is 737. The fourth-order valence-corrected chi connectivity index (χ4v) is 5.32. The van der Waals surface area contributed by atoms with E-state index in [-0.39, 0.29) is 35.0 Å². The van der Waals surface area contributed by atoms with Gasteiger partial charge in [-0.3, -0.25) is 4.79 Å². The molecular formula is C12H16O6S2. The topological polar surface area (TPSA) is 106 Å². The van der Waals surface area contributed by atoms with Gasteiger partial charge in [-0.25, -0.2) is 16.8 Å². The first-order chi connectivity index (χ1) is 9.03. The van der Waals surface area contributed by atoms with Crippen molar-refractivity contribution >= 4 is 25.5 Å². The molecule has 6 nitrogen and oxygen atoms in total. The summed E-state index contributed by atoms with van der Waals surface area (Å²) in [5, 5.41) is 9.87. The molecule has 0 saturated carbocycles. The molecule has 2 rings (SSSR count). The van der Waals surface area contributed by atoms with Crippen molar-refractivity contribution < 1.29 is 26.7 Å². The summed E-state index contributed by atoms with van der Waals surface area (Å²) in [4.78, 5) is 11.1. The predicted octanol–water partition coefficient (Wildman–Crippen LogP) is 0.872. The minimum absolute atomic E-state index is 0.00463. The molecule has 0 fully saturated rings. The van der Waals surface area contributed by atoms with Gasteiger partial charge in [0.15, 0.2) is 25.5 Å². The fourth-order valence-electron chi connectivity index (χ4n) is 2.88. The van der Waals surface area contributed by atoms with E-state index < -0.39 is 30.4 Å². The Morgan fingerprint density at radius 3 is 1.95 bits per heavy atom. The van der Waals surface area contributed by atoms with Crippen LogP contribution in [-0.4, -0.2) is 40.2 Å². The average molecular weight is 320 g/mol. The maximum absolute atomic E-state index is 11.9. The standard InChI is InChI=1S/C12H16O6S2/c1-19(15,16)11-8(13)5-3-7-4-6-9(14)12(10(7)11)20(2,17)18/h7,13H,3-6H2,1-2H3. The second-order valence-corrected chi connectivity index (χ2v) is 9.17. The van der Waals surface area contributed by atoms with E-state index in [4.69, 9.17) is 0 Å². The van der Waals surface area contributed by atoms with Gasteiger partial charge in [-0.2, -0.15) is 0 Å². The summed E-state index contributed by atoms with van der Waals surface area (Å²) in [6.45, 7) is 0. The molecule has 0 radical (unpaired) electrons. The fraction of sp³-hybridized carbons (Fsp3) is 0.583. The molecule has 8 heteroatoms. The van der Waals surface area contributed by atoms with Crippen molar-refractivity contribution in [2.75, 3.05) is 12.5 Å². The molecule has 1 atom stereocenters. The summed E-state index contributed by atoms with van der Waals surface area (Å²) in [5.74, 6) is -1.23. The van der Waals surface area contributed by atoms with Crippen LogP contribution in [0.3, 0.4) is 0 Å². The van der Waals surface area contributed by atoms with Crippen LogP contribution >= 0.6 is 0 Å². The van der Waals surface area contributed by atoms with Crippen molar-refractivity contribution in [3.63, 3.8) is 0 Å². The first-order valence-electron chi connectivity index (χ1n) is 6.13. The second kappa shape index (κ2) is 4.70. The van der Waals surface area contributed by atoms with E-state index in [1.165, 1.54) is 0 Å². The normalized spacial score (nSPS) is 24.9. The Kier molecular flexibility index (Phi) is 3.58. The lowest BCUT2D eigenvalue weighted by atomic mass is 9.80. The summed E-state index contributed by atoms with van der Waals surface area (Å²) >= 11 is 0. The number of allylic oxidation sites excluding steroid dienone is 3. The molecule has 2 aliphatic carbocycles. The smallest absolute Gasteiger partial charge is 0.179 e. The number of aliphatic hydroxyl groups is 1. The Hall–Kier alpha value is -1.15. The van der Waals surface area contributed by atoms with Crippen LogP contribution in [0.4, 0.5) is 0 Å². The highest BCUT2D eigenvalue weighted by molar-refractivity contribution is 7.96. The molecule has 0 heterocycles. The van der Waals surface area contributed by atoms with Gasteiger partial charge >= 0.3 is 0 Å². The van der Waals surface area contributed by atoms with Crippen LogP contribution in [0.25, 0.3) is 0 Å². The van der Waals surface area contributed by atoms with Gasteiger partial charge in [-0.15, -0.1) is 0 Å². The highest BCUT2D eigenvalue weighted by Crippen LogP contribution is 2.44. The molecule has 0 aliphatic heterocycles. The van der Waals surface area contributed by atoms with Crippen molar-refractivity contribution in [2.24, 2.45) is 5.92 Å². The molecular weight excluding hydrogens is 304 g/mol. The summed E-state index contributed by atoms with van der Waals surface area (Å²) in [6, 6.07) is 0. The van der Waals surface area contributed by atoms with Crippen LogP contribution in [0.5, 0.6) is 0 Å². The average Bonchev–Trinajstić information content (AvgIpc) is 2.24. The van der Waals surface area contributed by atoms with Crippen molar-refractivity contribution in [3.8, 4) is 0 Å². The Labute approximate surface area is 118 Å². The van der Waals surface area contributed by atoms with E-state index in [1.54, 1.807) is 0 Å². The maximum Gasteiger partial charge on any atom is 0.179 e. The quantitative estimate of drug-likeness (QED) is 0.809. The molecule has 0 saturated heterocycles. The highest BCUT2D eigenvalue weighted by atomic mass is 32.2. The van der Waals surface area contributed by atoms with Crippen LogP contribution in [-0.2, 0) is 24.5 Å². The molecule has 2 aliphatic rings. The maximum atomic E-state index is 11.9. The predicted molar refractivity (Wildman–Crippen MR) is 73.3 cm³/mol. The van der Waals surface area contributed by atoms with Crippen molar-refractivity contribution in [1.29, 1.82) is 0 Å². The van der Waals surface area contributed by atoms with E-state index in [9.17, 15) is 26.7 Å². The zero-order valence-electron chi connectivity index (χ0n) is 11.2. The lowest BCUT2D eigenvalue weighted by Crippen LogP contribution is -2.30. The first kappa shape index (κ1) is 15.2. The lowest BCUT2D eigenvalue weighted by Gasteiger charge is -2.32. The van der Waals surface area contributed by atoms with E-state index in [1.807, 2.05) is 0 Å². The van der Waals surface area contributed by atoms with Gasteiger partial charge in [0, 0.05) is 25.4 Å². The number of carbonyl (C=O) groups excluding carboxylic acids is 1. The number of rotatable bonds is 2. The summed E-state index contributed by atoms with van der Waals surface area (Å²) < 4.78 is 47.5. The number of hydrogen-bond donors (Lipinski definition) is 1. The third kappa shape index (κ3) is 2.54. The SMILES string of the molecule is CS(=O)(=O)C1=C(O)CCC2CCC(=O)C(S(C)(=O)=O)=C12. The number of ketones is 1. The van der Waals surface area contributed by atoms with E-state index in [0.717, 1.165) is 12.5 Å². The summed E-state index contributed by atoms with van der Waals surface area (Å²) in [7, 11) is -7.65. The monoisotopic (exact) mass is 320 g/mol. The Balaban J connectivity index is 2.89. The van der Waals surface area contributed by atoms with E-state index in [2.05, 4.69) is 0 Å². The van der Waals surface area contributed by atoms with Gasteiger partial charge in [-0.1, -0.05) is 0 Å². The van der Waals surface area contributed by atoms with E-state index in [0.29, 0.717) is 12.8 Å². The molecule has 1 N–H and O–H groups in total. The number of carbonyl (C=O) groups is 1. The third-order valence-electron chi connectivity index (χ3n) is 3.60. The zero-order valence-corrected chi connectivity index (χ0v) is 12.8. The molecule has 0 aromatic heterocycles. The number of sulfone groups is 2. The number of aliphatic hydroxyl groups excluding tert-OH is 1. The largest absolute Gasteiger partial charge is 0.511 e. The molecule has 1 unspecified atom stereocenters. The molecule has 20 heavy (non-hydrogen) atoms. The minimum atomic E-state index is -3.84. The van der Waals surface area contributed by atoms with Gasteiger partial charge in [-0.05, 0) is 24.3 Å². The van der Waals surface area contributed by atoms with Gasteiger partial charge in [0.05, 0.1) is 0 Å². The van der Waals surface area contributed by atoms with Crippen LogP contribution in [0.2, 0.25) is 0 Å². The lowest BCUT2D eigenvalue weighted by molar-refractivity contribution is -0.115. The minimum Gasteiger partial charge on any atom is -0.511 e. The molecule has 112 valence electrons. The summed E-state index contributed by atoms with van der Waals surface area (Å²) in [6.07, 6.45) is 2.94. The van der Waals surface area contributed by atoms with Crippen molar-refractivity contribution in [3.05, 3.63) is 21.1 Å². The van der Waals surface area contributed by atoms with Gasteiger partial charge < -0.3 is 5.11 Å². The highest BCUT2D eigenvalue weighted by Gasteiger charge is 2.41. The van der Waals surface area contributed by atoms with Crippen LogP contribution in [0, 0.1) is 5.92 Å². The van der Waals surface area contributed by atoms with Gasteiger partial charge in [0.25, 0.3) is 0 Å². The Morgan fingerprint density at radius 2 is 1.45 bits per heavy atom. The molecule has 0 aromatic carbocycles. The molecule has 0 amide bonds. The summed E-state index contributed by atoms with van der Waals surface area (Å²) in [5.41, 5.74) is -0.00463. The molecule has 0 aromatic rings. The second-order valence-electron chi connectivity index (χ2n) is 5.26. The van der Waals surface area contributed by atoms with Crippen LogP contribution in [0.15, 0.2) is 21.1 Å². The third-order valence-corrected chi connectivity index (χ3v) is 5.99. The van der Waals surface area contributed by atoms with Crippen LogP contribution < -0.4 is 0 Å². The van der Waals surface area contributed by atoms with Crippen molar-refractivity contribution in [2.45, 2.75) is 25.7 Å². The van der Waals surface area contributed by atoms with Crippen molar-refractivity contribution in [1.82, 2.24) is 0 Å². The van der Waals surface area contributed by atoms with Gasteiger partial charge in [0.1, 0.15) is 15.6 Å². The van der Waals surface area contributed by atoms with Crippen LogP contribution in [0.1, 0.15) is 25.7 Å². The molecule has 0 spiro atoms. The van der Waals surface area contributed by atoms with Gasteiger partial charge in [0.2, 0.25) is 0 Å².